The van der Waals surface area contributed by atoms with Gasteiger partial charge in [0.15, 0.2) is 0 Å². The molecular formula is C15H22O4S. The summed E-state index contributed by atoms with van der Waals surface area (Å²) in [7, 11) is -3.81. The highest BCUT2D eigenvalue weighted by molar-refractivity contribution is 7.86. The van der Waals surface area contributed by atoms with Crippen LogP contribution in [0.4, 0.5) is 0 Å². The SMILES string of the molecule is C=CC[C@H](CO)COS(=O)(=O)c1c(C)cc(C)cc1C. The van der Waals surface area contributed by atoms with Crippen molar-refractivity contribution in [3.8, 4) is 0 Å². The van der Waals surface area contributed by atoms with Crippen molar-refractivity contribution in [2.75, 3.05) is 13.2 Å². The molecule has 1 rings (SSSR count). The van der Waals surface area contributed by atoms with E-state index in [2.05, 4.69) is 6.58 Å². The molecule has 20 heavy (non-hydrogen) atoms. The molecule has 0 heterocycles. The number of aryl methyl sites for hydroxylation is 3. The van der Waals surface area contributed by atoms with Crippen LogP contribution in [0.5, 0.6) is 0 Å². The maximum absolute atomic E-state index is 12.3. The summed E-state index contributed by atoms with van der Waals surface area (Å²) in [6.07, 6.45) is 2.15. The molecule has 1 atom stereocenters. The average molecular weight is 298 g/mol. The van der Waals surface area contributed by atoms with E-state index < -0.39 is 10.1 Å². The first-order valence-electron chi connectivity index (χ1n) is 6.50. The van der Waals surface area contributed by atoms with Crippen molar-refractivity contribution in [3.05, 3.63) is 41.5 Å². The summed E-state index contributed by atoms with van der Waals surface area (Å²) in [4.78, 5) is 0.221. The van der Waals surface area contributed by atoms with Crippen LogP contribution in [0.3, 0.4) is 0 Å². The number of aliphatic hydroxyl groups is 1. The van der Waals surface area contributed by atoms with Crippen molar-refractivity contribution in [3.63, 3.8) is 0 Å². The first-order valence-corrected chi connectivity index (χ1v) is 7.91. The Hall–Kier alpha value is -1.17. The smallest absolute Gasteiger partial charge is 0.297 e. The van der Waals surface area contributed by atoms with Gasteiger partial charge in [0.25, 0.3) is 10.1 Å². The van der Waals surface area contributed by atoms with E-state index in [0.29, 0.717) is 17.5 Å². The molecule has 1 N–H and O–H groups in total. The van der Waals surface area contributed by atoms with Gasteiger partial charge in [-0.15, -0.1) is 6.58 Å². The van der Waals surface area contributed by atoms with Gasteiger partial charge in [0.2, 0.25) is 0 Å². The molecule has 0 spiro atoms. The van der Waals surface area contributed by atoms with Gasteiger partial charge in [-0.05, 0) is 38.3 Å². The van der Waals surface area contributed by atoms with Gasteiger partial charge < -0.3 is 5.11 Å². The van der Waals surface area contributed by atoms with Crippen molar-refractivity contribution < 1.29 is 17.7 Å². The third-order valence-electron chi connectivity index (χ3n) is 3.07. The second-order valence-electron chi connectivity index (χ2n) is 5.04. The minimum absolute atomic E-state index is 0.0440. The molecule has 1 aromatic carbocycles. The second kappa shape index (κ2) is 7.02. The van der Waals surface area contributed by atoms with Gasteiger partial charge in [-0.25, -0.2) is 0 Å². The lowest BCUT2D eigenvalue weighted by Crippen LogP contribution is -2.18. The van der Waals surface area contributed by atoms with E-state index in [9.17, 15) is 8.42 Å². The molecule has 0 amide bonds. The fraction of sp³-hybridized carbons (Fsp3) is 0.467. The van der Waals surface area contributed by atoms with Crippen molar-refractivity contribution in [1.82, 2.24) is 0 Å². The number of allylic oxidation sites excluding steroid dienone is 1. The molecule has 0 aliphatic heterocycles. The molecule has 0 aliphatic rings. The largest absolute Gasteiger partial charge is 0.396 e. The van der Waals surface area contributed by atoms with Gasteiger partial charge in [0.05, 0.1) is 11.5 Å². The highest BCUT2D eigenvalue weighted by atomic mass is 32.2. The molecule has 0 saturated heterocycles. The molecule has 0 saturated carbocycles. The molecule has 0 radical (unpaired) electrons. The quantitative estimate of drug-likeness (QED) is 0.620. The van der Waals surface area contributed by atoms with Crippen LogP contribution in [0.2, 0.25) is 0 Å². The fourth-order valence-corrected chi connectivity index (χ4v) is 3.63. The third-order valence-corrected chi connectivity index (χ3v) is 4.66. The van der Waals surface area contributed by atoms with Crippen LogP contribution in [-0.2, 0) is 14.3 Å². The number of benzene rings is 1. The molecule has 0 bridgehead atoms. The highest BCUT2D eigenvalue weighted by Gasteiger charge is 2.22. The molecule has 0 aliphatic carbocycles. The number of rotatable bonds is 7. The zero-order chi connectivity index (χ0) is 15.3. The van der Waals surface area contributed by atoms with E-state index in [1.165, 1.54) is 0 Å². The minimum Gasteiger partial charge on any atom is -0.396 e. The molecular weight excluding hydrogens is 276 g/mol. The van der Waals surface area contributed by atoms with E-state index in [1.54, 1.807) is 19.9 Å². The lowest BCUT2D eigenvalue weighted by molar-refractivity contribution is 0.168. The molecule has 0 unspecified atom stereocenters. The predicted molar refractivity (Wildman–Crippen MR) is 79.2 cm³/mol. The van der Waals surface area contributed by atoms with Gasteiger partial charge in [-0.3, -0.25) is 4.18 Å². The fourth-order valence-electron chi connectivity index (χ4n) is 2.24. The Morgan fingerprint density at radius 3 is 2.30 bits per heavy atom. The van der Waals surface area contributed by atoms with Crippen molar-refractivity contribution in [2.45, 2.75) is 32.1 Å². The lowest BCUT2D eigenvalue weighted by Gasteiger charge is -2.15. The Bertz CT molecular complexity index is 553. The second-order valence-corrected chi connectivity index (χ2v) is 6.59. The lowest BCUT2D eigenvalue weighted by atomic mass is 10.1. The van der Waals surface area contributed by atoms with Crippen LogP contribution in [0.25, 0.3) is 0 Å². The predicted octanol–water partition coefficient (Wildman–Crippen LogP) is 2.50. The Labute approximate surface area is 121 Å². The summed E-state index contributed by atoms with van der Waals surface area (Å²) in [5.74, 6) is -0.256. The summed E-state index contributed by atoms with van der Waals surface area (Å²) >= 11 is 0. The monoisotopic (exact) mass is 298 g/mol. The van der Waals surface area contributed by atoms with E-state index in [-0.39, 0.29) is 24.0 Å². The summed E-state index contributed by atoms with van der Waals surface area (Å²) in [5, 5.41) is 9.15. The van der Waals surface area contributed by atoms with Crippen molar-refractivity contribution in [1.29, 1.82) is 0 Å². The minimum atomic E-state index is -3.81. The Kier molecular flexibility index (Phi) is 5.92. The number of hydrogen-bond donors (Lipinski definition) is 1. The average Bonchev–Trinajstić information content (AvgIpc) is 2.32. The highest BCUT2D eigenvalue weighted by Crippen LogP contribution is 2.24. The number of hydrogen-bond acceptors (Lipinski definition) is 4. The Balaban J connectivity index is 2.97. The summed E-state index contributed by atoms with van der Waals surface area (Å²) in [6, 6.07) is 3.63. The molecule has 0 fully saturated rings. The summed E-state index contributed by atoms with van der Waals surface area (Å²) < 4.78 is 29.6. The molecule has 112 valence electrons. The van der Waals surface area contributed by atoms with E-state index in [0.717, 1.165) is 5.56 Å². The first kappa shape index (κ1) is 16.9. The van der Waals surface area contributed by atoms with Crippen molar-refractivity contribution in [2.24, 2.45) is 5.92 Å². The molecule has 4 nitrogen and oxygen atoms in total. The topological polar surface area (TPSA) is 63.6 Å². The van der Waals surface area contributed by atoms with Crippen LogP contribution in [0.15, 0.2) is 29.7 Å². The van der Waals surface area contributed by atoms with Crippen LogP contribution in [0, 0.1) is 26.7 Å². The van der Waals surface area contributed by atoms with E-state index >= 15 is 0 Å². The van der Waals surface area contributed by atoms with Gasteiger partial charge in [0, 0.05) is 12.5 Å². The zero-order valence-corrected chi connectivity index (χ0v) is 13.0. The van der Waals surface area contributed by atoms with Gasteiger partial charge in [-0.2, -0.15) is 8.42 Å². The maximum Gasteiger partial charge on any atom is 0.297 e. The van der Waals surface area contributed by atoms with Crippen molar-refractivity contribution >= 4 is 10.1 Å². The molecule has 5 heteroatoms. The Morgan fingerprint density at radius 1 is 1.30 bits per heavy atom. The summed E-state index contributed by atoms with van der Waals surface area (Å²) in [5.41, 5.74) is 2.36. The van der Waals surface area contributed by atoms with Crippen LogP contribution >= 0.6 is 0 Å². The first-order chi connectivity index (χ1) is 9.31. The van der Waals surface area contributed by atoms with E-state index in [1.807, 2.05) is 19.1 Å². The van der Waals surface area contributed by atoms with Crippen LogP contribution < -0.4 is 0 Å². The molecule has 0 aromatic heterocycles. The van der Waals surface area contributed by atoms with Crippen LogP contribution in [-0.4, -0.2) is 26.7 Å². The van der Waals surface area contributed by atoms with Gasteiger partial charge in [-0.1, -0.05) is 23.8 Å². The number of aliphatic hydroxyl groups excluding tert-OH is 1. The van der Waals surface area contributed by atoms with Gasteiger partial charge in [0.1, 0.15) is 0 Å². The summed E-state index contributed by atoms with van der Waals surface area (Å²) in [6.45, 7) is 8.82. The maximum atomic E-state index is 12.3. The standard InChI is InChI=1S/C15H22O4S/c1-5-6-14(9-16)10-19-20(17,18)15-12(3)7-11(2)8-13(15)4/h5,7-8,14,16H,1,6,9-10H2,2-4H3/t14-/m1/s1. The Morgan fingerprint density at radius 2 is 1.85 bits per heavy atom. The zero-order valence-electron chi connectivity index (χ0n) is 12.2. The van der Waals surface area contributed by atoms with Gasteiger partial charge >= 0.3 is 0 Å². The molecule has 1 aromatic rings. The van der Waals surface area contributed by atoms with Crippen LogP contribution in [0.1, 0.15) is 23.1 Å². The normalized spacial score (nSPS) is 13.2. The van der Waals surface area contributed by atoms with E-state index in [4.69, 9.17) is 9.29 Å². The third kappa shape index (κ3) is 4.16.